The van der Waals surface area contributed by atoms with Crippen molar-refractivity contribution in [2.24, 2.45) is 0 Å². The lowest BCUT2D eigenvalue weighted by Gasteiger charge is -2.08. The molecule has 1 aromatic carbocycles. The van der Waals surface area contributed by atoms with Gasteiger partial charge in [-0.25, -0.2) is 0 Å². The molecule has 1 rings (SSSR count). The molecule has 0 unspecified atom stereocenters. The van der Waals surface area contributed by atoms with Crippen LogP contribution in [0.25, 0.3) is 0 Å². The first-order chi connectivity index (χ1) is 5.77. The Kier molecular flexibility index (Phi) is 3.60. The van der Waals surface area contributed by atoms with Crippen molar-refractivity contribution in [3.05, 3.63) is 28.2 Å². The summed E-state index contributed by atoms with van der Waals surface area (Å²) in [4.78, 5) is 0. The summed E-state index contributed by atoms with van der Waals surface area (Å²) in [6, 6.07) is 6.11. The van der Waals surface area contributed by atoms with Crippen LogP contribution >= 0.6 is 15.9 Å². The van der Waals surface area contributed by atoms with Gasteiger partial charge in [-0.2, -0.15) is 0 Å². The highest BCUT2D eigenvalue weighted by Crippen LogP contribution is 2.23. The lowest BCUT2D eigenvalue weighted by atomic mass is 10.1. The van der Waals surface area contributed by atoms with Crippen molar-refractivity contribution >= 4 is 15.9 Å². The first kappa shape index (κ1) is 9.59. The molecule has 0 spiro atoms. The van der Waals surface area contributed by atoms with Crippen LogP contribution in [0.1, 0.15) is 19.4 Å². The number of hydrogen-bond acceptors (Lipinski definition) is 1. The van der Waals surface area contributed by atoms with Crippen LogP contribution in [0.15, 0.2) is 22.7 Å². The Morgan fingerprint density at radius 1 is 1.33 bits per heavy atom. The highest BCUT2D eigenvalue weighted by Gasteiger charge is 2.00. The van der Waals surface area contributed by atoms with E-state index in [0.717, 1.165) is 23.2 Å². The largest absolute Gasteiger partial charge is 0.494 e. The number of rotatable bonds is 3. The topological polar surface area (TPSA) is 9.23 Å². The van der Waals surface area contributed by atoms with Crippen molar-refractivity contribution in [1.29, 1.82) is 0 Å². The summed E-state index contributed by atoms with van der Waals surface area (Å²) in [6.45, 7) is 4.86. The van der Waals surface area contributed by atoms with Gasteiger partial charge in [0.05, 0.1) is 6.61 Å². The maximum absolute atomic E-state index is 5.46. The fourth-order valence-electron chi connectivity index (χ4n) is 1.12. The quantitative estimate of drug-likeness (QED) is 0.771. The molecule has 0 bridgehead atoms. The summed E-state index contributed by atoms with van der Waals surface area (Å²) < 4.78 is 6.58. The zero-order valence-electron chi connectivity index (χ0n) is 7.43. The average Bonchev–Trinajstić information content (AvgIpc) is 2.08. The number of ether oxygens (including phenoxy) is 1. The molecule has 0 radical (unpaired) electrons. The molecule has 0 aliphatic heterocycles. The maximum Gasteiger partial charge on any atom is 0.122 e. The molecule has 0 saturated carbocycles. The Hall–Kier alpha value is -0.500. The van der Waals surface area contributed by atoms with Crippen LogP contribution in [0.4, 0.5) is 0 Å². The molecule has 0 fully saturated rings. The molecule has 0 heterocycles. The van der Waals surface area contributed by atoms with E-state index in [1.54, 1.807) is 0 Å². The molecule has 0 aliphatic rings. The Bertz CT molecular complexity index is 258. The molecule has 12 heavy (non-hydrogen) atoms. The zero-order chi connectivity index (χ0) is 8.97. The van der Waals surface area contributed by atoms with Crippen LogP contribution < -0.4 is 4.74 Å². The van der Waals surface area contributed by atoms with Gasteiger partial charge < -0.3 is 4.74 Å². The maximum atomic E-state index is 5.46. The third-order valence-electron chi connectivity index (χ3n) is 1.70. The standard InChI is InChI=1S/C10H13BrO/c1-3-8-7-9(11)5-6-10(8)12-4-2/h5-7H,3-4H2,1-2H3. The molecule has 1 nitrogen and oxygen atoms in total. The summed E-state index contributed by atoms with van der Waals surface area (Å²) in [5.74, 6) is 1.00. The monoisotopic (exact) mass is 228 g/mol. The van der Waals surface area contributed by atoms with Gasteiger partial charge in [0.1, 0.15) is 5.75 Å². The van der Waals surface area contributed by atoms with Crippen LogP contribution in [-0.2, 0) is 6.42 Å². The highest BCUT2D eigenvalue weighted by atomic mass is 79.9. The van der Waals surface area contributed by atoms with E-state index >= 15 is 0 Å². The summed E-state index contributed by atoms with van der Waals surface area (Å²) in [5.41, 5.74) is 1.26. The average molecular weight is 229 g/mol. The van der Waals surface area contributed by atoms with Crippen molar-refractivity contribution < 1.29 is 4.74 Å². The lowest BCUT2D eigenvalue weighted by Crippen LogP contribution is -1.95. The first-order valence-corrected chi connectivity index (χ1v) is 4.98. The van der Waals surface area contributed by atoms with Gasteiger partial charge in [0.25, 0.3) is 0 Å². The molecule has 0 aliphatic carbocycles. The number of halogens is 1. The van der Waals surface area contributed by atoms with Gasteiger partial charge in [-0.1, -0.05) is 22.9 Å². The van der Waals surface area contributed by atoms with Gasteiger partial charge in [0.2, 0.25) is 0 Å². The lowest BCUT2D eigenvalue weighted by molar-refractivity contribution is 0.337. The number of benzene rings is 1. The second-order valence-corrected chi connectivity index (χ2v) is 3.45. The normalized spacial score (nSPS) is 9.92. The van der Waals surface area contributed by atoms with E-state index in [1.165, 1.54) is 5.56 Å². The SMILES string of the molecule is CCOc1ccc(Br)cc1CC. The second-order valence-electron chi connectivity index (χ2n) is 2.54. The Morgan fingerprint density at radius 2 is 2.08 bits per heavy atom. The molecule has 0 aromatic heterocycles. The van der Waals surface area contributed by atoms with Crippen LogP contribution in [-0.4, -0.2) is 6.61 Å². The molecule has 0 N–H and O–H groups in total. The molecular weight excluding hydrogens is 216 g/mol. The number of hydrogen-bond donors (Lipinski definition) is 0. The van der Waals surface area contributed by atoms with Gasteiger partial charge in [0, 0.05) is 4.47 Å². The van der Waals surface area contributed by atoms with E-state index in [0.29, 0.717) is 0 Å². The highest BCUT2D eigenvalue weighted by molar-refractivity contribution is 9.10. The van der Waals surface area contributed by atoms with Gasteiger partial charge in [-0.05, 0) is 37.1 Å². The predicted molar refractivity (Wildman–Crippen MR) is 54.7 cm³/mol. The molecule has 0 amide bonds. The van der Waals surface area contributed by atoms with Gasteiger partial charge in [-0.15, -0.1) is 0 Å². The van der Waals surface area contributed by atoms with Crippen LogP contribution in [0.2, 0.25) is 0 Å². The third-order valence-corrected chi connectivity index (χ3v) is 2.20. The molecule has 0 saturated heterocycles. The summed E-state index contributed by atoms with van der Waals surface area (Å²) in [6.07, 6.45) is 1.01. The van der Waals surface area contributed by atoms with Gasteiger partial charge >= 0.3 is 0 Å². The van der Waals surface area contributed by atoms with Crippen molar-refractivity contribution in [3.63, 3.8) is 0 Å². The van der Waals surface area contributed by atoms with Crippen molar-refractivity contribution in [3.8, 4) is 5.75 Å². The fraction of sp³-hybridized carbons (Fsp3) is 0.400. The first-order valence-electron chi connectivity index (χ1n) is 4.19. The molecule has 2 heteroatoms. The molecule has 0 atom stereocenters. The minimum atomic E-state index is 0.731. The van der Waals surface area contributed by atoms with Crippen molar-refractivity contribution in [2.75, 3.05) is 6.61 Å². The zero-order valence-corrected chi connectivity index (χ0v) is 9.02. The minimum Gasteiger partial charge on any atom is -0.494 e. The summed E-state index contributed by atoms with van der Waals surface area (Å²) in [7, 11) is 0. The Balaban J connectivity index is 2.94. The van der Waals surface area contributed by atoms with Gasteiger partial charge in [0.15, 0.2) is 0 Å². The third kappa shape index (κ3) is 2.24. The van der Waals surface area contributed by atoms with Crippen LogP contribution in [0.5, 0.6) is 5.75 Å². The van der Waals surface area contributed by atoms with E-state index in [2.05, 4.69) is 28.9 Å². The number of aryl methyl sites for hydroxylation is 1. The van der Waals surface area contributed by atoms with Crippen molar-refractivity contribution in [1.82, 2.24) is 0 Å². The predicted octanol–water partition coefficient (Wildman–Crippen LogP) is 3.41. The van der Waals surface area contributed by atoms with E-state index < -0.39 is 0 Å². The minimum absolute atomic E-state index is 0.731. The van der Waals surface area contributed by atoms with E-state index in [4.69, 9.17) is 4.74 Å². The van der Waals surface area contributed by atoms with E-state index in [-0.39, 0.29) is 0 Å². The van der Waals surface area contributed by atoms with Crippen LogP contribution in [0, 0.1) is 0 Å². The fourth-order valence-corrected chi connectivity index (χ4v) is 1.53. The molecule has 1 aromatic rings. The van der Waals surface area contributed by atoms with E-state index in [1.807, 2.05) is 19.1 Å². The summed E-state index contributed by atoms with van der Waals surface area (Å²) in [5, 5.41) is 0. The van der Waals surface area contributed by atoms with E-state index in [9.17, 15) is 0 Å². The van der Waals surface area contributed by atoms with Gasteiger partial charge in [-0.3, -0.25) is 0 Å². The smallest absolute Gasteiger partial charge is 0.122 e. The second kappa shape index (κ2) is 4.51. The Morgan fingerprint density at radius 3 is 2.67 bits per heavy atom. The molecular formula is C10H13BrO. The molecule has 66 valence electrons. The van der Waals surface area contributed by atoms with Crippen molar-refractivity contribution in [2.45, 2.75) is 20.3 Å². The summed E-state index contributed by atoms with van der Waals surface area (Å²) >= 11 is 3.43. The Labute approximate surface area is 81.9 Å². The van der Waals surface area contributed by atoms with Crippen LogP contribution in [0.3, 0.4) is 0 Å².